The Kier molecular flexibility index (Phi) is 9.58. The van der Waals surface area contributed by atoms with E-state index in [0.717, 1.165) is 45.2 Å². The lowest BCUT2D eigenvalue weighted by molar-refractivity contribution is -0.120. The van der Waals surface area contributed by atoms with Gasteiger partial charge < -0.3 is 9.64 Å². The summed E-state index contributed by atoms with van der Waals surface area (Å²) in [5, 5.41) is -0.413. The van der Waals surface area contributed by atoms with E-state index in [0.29, 0.717) is 31.1 Å². The predicted molar refractivity (Wildman–Crippen MR) is 127 cm³/mol. The highest BCUT2D eigenvalue weighted by molar-refractivity contribution is 7.90. The summed E-state index contributed by atoms with van der Waals surface area (Å²) < 4.78 is 32.5. The number of piperidine rings is 1. The number of hydrogen-bond donors (Lipinski definition) is 1. The molecule has 1 saturated heterocycles. The summed E-state index contributed by atoms with van der Waals surface area (Å²) >= 11 is 0. The van der Waals surface area contributed by atoms with Gasteiger partial charge in [0.25, 0.3) is 0 Å². The zero-order valence-electron chi connectivity index (χ0n) is 20.9. The minimum absolute atomic E-state index is 0.162. The lowest BCUT2D eigenvalue weighted by Crippen LogP contribution is -2.41. The van der Waals surface area contributed by atoms with Gasteiger partial charge in [-0.25, -0.2) is 17.9 Å². The molecule has 1 unspecified atom stereocenters. The molecule has 0 radical (unpaired) electrons. The number of carbonyl (C=O) groups excluding carboxylic acids is 2. The number of nitrogens with zero attached hydrogens (tertiary/aromatic N) is 1. The van der Waals surface area contributed by atoms with Crippen LogP contribution in [0.4, 0.5) is 4.79 Å². The first-order chi connectivity index (χ1) is 14.8. The van der Waals surface area contributed by atoms with E-state index in [9.17, 15) is 18.0 Å². The van der Waals surface area contributed by atoms with Gasteiger partial charge in [-0.05, 0) is 85.0 Å². The number of ether oxygens (including phenoxy) is 1. The van der Waals surface area contributed by atoms with Crippen molar-refractivity contribution in [3.63, 3.8) is 0 Å². The first-order valence-electron chi connectivity index (χ1n) is 12.3. The molecular weight excluding hydrogens is 428 g/mol. The number of carbonyl (C=O) groups is 2. The van der Waals surface area contributed by atoms with Crippen LogP contribution in [-0.4, -0.2) is 55.2 Å². The molecule has 8 heteroatoms. The van der Waals surface area contributed by atoms with Gasteiger partial charge in [-0.2, -0.15) is 0 Å². The maximum absolute atomic E-state index is 12.5. The van der Waals surface area contributed by atoms with E-state index in [-0.39, 0.29) is 23.8 Å². The summed E-state index contributed by atoms with van der Waals surface area (Å²) in [5.74, 6) is 1.54. The van der Waals surface area contributed by atoms with Crippen LogP contribution in [-0.2, 0) is 19.6 Å². The summed E-state index contributed by atoms with van der Waals surface area (Å²) in [6, 6.07) is -0.217. The maximum atomic E-state index is 12.5. The largest absolute Gasteiger partial charge is 0.444 e. The zero-order valence-corrected chi connectivity index (χ0v) is 21.7. The molecule has 1 saturated carbocycles. The normalized spacial score (nSPS) is 24.1. The molecule has 0 aromatic rings. The van der Waals surface area contributed by atoms with E-state index < -0.39 is 20.9 Å². The topological polar surface area (TPSA) is 92.8 Å². The molecule has 1 aliphatic carbocycles. The van der Waals surface area contributed by atoms with Crippen molar-refractivity contribution in [1.29, 1.82) is 0 Å². The predicted octanol–water partition coefficient (Wildman–Crippen LogP) is 4.51. The Balaban J connectivity index is 1.62. The number of rotatable bonds is 11. The molecule has 0 spiro atoms. The maximum Gasteiger partial charge on any atom is 0.410 e. The molecule has 2 rings (SSSR count). The molecule has 186 valence electrons. The van der Waals surface area contributed by atoms with Crippen LogP contribution in [0.25, 0.3) is 0 Å². The van der Waals surface area contributed by atoms with Crippen LogP contribution in [0.3, 0.4) is 0 Å². The highest BCUT2D eigenvalue weighted by Crippen LogP contribution is 2.45. The standard InChI is InChI=1S/C24H44N2O5S/c1-7-18(3)32(29,30)25-17(2)8-11-22(27)21-16-20(21)10-9-19-12-14-26(15-13-19)23(28)31-24(4,5)6/h17-21,25H,7-16H2,1-6H3/t17?,18-,20+,21+/m0/s1. The lowest BCUT2D eigenvalue weighted by atomic mass is 9.91. The molecule has 1 N–H and O–H groups in total. The fourth-order valence-electron chi connectivity index (χ4n) is 4.36. The second-order valence-corrected chi connectivity index (χ2v) is 13.0. The quantitative estimate of drug-likeness (QED) is 0.478. The van der Waals surface area contributed by atoms with Gasteiger partial charge in [-0.3, -0.25) is 4.79 Å². The third-order valence-electron chi connectivity index (χ3n) is 6.84. The average molecular weight is 473 g/mol. The van der Waals surface area contributed by atoms with E-state index in [1.165, 1.54) is 0 Å². The van der Waals surface area contributed by atoms with Gasteiger partial charge in [0.15, 0.2) is 0 Å². The summed E-state index contributed by atoms with van der Waals surface area (Å²) in [5.41, 5.74) is -0.461. The van der Waals surface area contributed by atoms with Gasteiger partial charge in [0.05, 0.1) is 5.25 Å². The van der Waals surface area contributed by atoms with E-state index >= 15 is 0 Å². The summed E-state index contributed by atoms with van der Waals surface area (Å²) in [4.78, 5) is 26.5. The summed E-state index contributed by atoms with van der Waals surface area (Å²) in [6.07, 6.45) is 6.51. The molecule has 0 bridgehead atoms. The van der Waals surface area contributed by atoms with Gasteiger partial charge in [0, 0.05) is 31.5 Å². The molecule has 32 heavy (non-hydrogen) atoms. The minimum atomic E-state index is -3.31. The average Bonchev–Trinajstić information content (AvgIpc) is 3.48. The number of sulfonamides is 1. The van der Waals surface area contributed by atoms with Crippen molar-refractivity contribution in [3.05, 3.63) is 0 Å². The van der Waals surface area contributed by atoms with E-state index in [1.807, 2.05) is 39.5 Å². The van der Waals surface area contributed by atoms with Crippen LogP contribution in [0.1, 0.15) is 92.9 Å². The number of Topliss-reactive ketones (excluding diaryl/α,β-unsaturated/α-hetero) is 1. The Hall–Kier alpha value is -1.15. The van der Waals surface area contributed by atoms with Crippen LogP contribution in [0, 0.1) is 17.8 Å². The zero-order chi connectivity index (χ0) is 24.1. The Morgan fingerprint density at radius 1 is 1.12 bits per heavy atom. The third kappa shape index (κ3) is 8.65. The molecule has 1 amide bonds. The van der Waals surface area contributed by atoms with Crippen molar-refractivity contribution in [2.24, 2.45) is 17.8 Å². The third-order valence-corrected chi connectivity index (χ3v) is 8.97. The number of hydrogen-bond acceptors (Lipinski definition) is 5. The molecule has 4 atom stereocenters. The number of ketones is 1. The lowest BCUT2D eigenvalue weighted by Gasteiger charge is -2.33. The monoisotopic (exact) mass is 472 g/mol. The van der Waals surface area contributed by atoms with Crippen LogP contribution >= 0.6 is 0 Å². The second kappa shape index (κ2) is 11.3. The van der Waals surface area contributed by atoms with Crippen LogP contribution in [0.15, 0.2) is 0 Å². The molecule has 1 aliphatic heterocycles. The molecule has 0 aromatic carbocycles. The second-order valence-electron chi connectivity index (χ2n) is 10.9. The van der Waals surface area contributed by atoms with Crippen molar-refractivity contribution in [2.75, 3.05) is 13.1 Å². The van der Waals surface area contributed by atoms with E-state index in [4.69, 9.17) is 4.74 Å². The summed E-state index contributed by atoms with van der Waals surface area (Å²) in [7, 11) is -3.31. The number of amides is 1. The molecule has 2 fully saturated rings. The Morgan fingerprint density at radius 3 is 2.31 bits per heavy atom. The van der Waals surface area contributed by atoms with Gasteiger partial charge >= 0.3 is 6.09 Å². The molecule has 1 heterocycles. The van der Waals surface area contributed by atoms with Gasteiger partial charge in [-0.1, -0.05) is 13.3 Å². The molecule has 2 aliphatic rings. The molecule has 7 nitrogen and oxygen atoms in total. The Bertz CT molecular complexity index is 738. The highest BCUT2D eigenvalue weighted by Gasteiger charge is 2.42. The fourth-order valence-corrected chi connectivity index (χ4v) is 5.71. The number of likely N-dealkylation sites (tertiary alicyclic amines) is 1. The van der Waals surface area contributed by atoms with Crippen LogP contribution in [0.2, 0.25) is 0 Å². The van der Waals surface area contributed by atoms with Crippen molar-refractivity contribution in [2.45, 2.75) is 110 Å². The van der Waals surface area contributed by atoms with Crippen molar-refractivity contribution >= 4 is 21.9 Å². The SMILES string of the molecule is CC[C@H](C)S(=O)(=O)NC(C)CCC(=O)[C@@H]1C[C@H]1CCC1CCN(C(=O)OC(C)(C)C)CC1. The summed E-state index contributed by atoms with van der Waals surface area (Å²) in [6.45, 7) is 12.5. The van der Waals surface area contributed by atoms with Gasteiger partial charge in [0.1, 0.15) is 11.4 Å². The highest BCUT2D eigenvalue weighted by atomic mass is 32.2. The van der Waals surface area contributed by atoms with E-state index in [1.54, 1.807) is 6.92 Å². The first-order valence-corrected chi connectivity index (χ1v) is 13.9. The van der Waals surface area contributed by atoms with Crippen molar-refractivity contribution in [1.82, 2.24) is 9.62 Å². The van der Waals surface area contributed by atoms with Crippen LogP contribution < -0.4 is 4.72 Å². The Morgan fingerprint density at radius 2 is 1.75 bits per heavy atom. The number of nitrogens with one attached hydrogen (secondary N) is 1. The van der Waals surface area contributed by atoms with Crippen molar-refractivity contribution in [3.8, 4) is 0 Å². The first kappa shape index (κ1) is 27.1. The van der Waals surface area contributed by atoms with Gasteiger partial charge in [0.2, 0.25) is 10.0 Å². The van der Waals surface area contributed by atoms with Crippen molar-refractivity contribution < 1.29 is 22.7 Å². The van der Waals surface area contributed by atoms with Gasteiger partial charge in [-0.15, -0.1) is 0 Å². The molecule has 0 aromatic heterocycles. The minimum Gasteiger partial charge on any atom is -0.444 e. The smallest absolute Gasteiger partial charge is 0.410 e. The Labute approximate surface area is 195 Å². The van der Waals surface area contributed by atoms with E-state index in [2.05, 4.69) is 4.72 Å². The molecular formula is C24H44N2O5S. The fraction of sp³-hybridized carbons (Fsp3) is 0.917. The van der Waals surface area contributed by atoms with Crippen LogP contribution in [0.5, 0.6) is 0 Å².